The minimum absolute atomic E-state index is 0.682. The first kappa shape index (κ1) is 9.97. The Labute approximate surface area is 98.6 Å². The molecule has 2 aliphatic carbocycles. The fourth-order valence-electron chi connectivity index (χ4n) is 1.81. The second-order valence-corrected chi connectivity index (χ2v) is 5.69. The summed E-state index contributed by atoms with van der Waals surface area (Å²) in [6.07, 6.45) is 5.19. The van der Waals surface area contributed by atoms with Gasteiger partial charge in [-0.05, 0) is 25.7 Å². The highest BCUT2D eigenvalue weighted by atomic mass is 35.5. The van der Waals surface area contributed by atoms with Crippen molar-refractivity contribution in [2.45, 2.75) is 42.8 Å². The van der Waals surface area contributed by atoms with E-state index in [9.17, 15) is 0 Å². The van der Waals surface area contributed by atoms with Gasteiger partial charge in [0.05, 0.1) is 0 Å². The van der Waals surface area contributed by atoms with Crippen LogP contribution in [0, 0.1) is 0 Å². The van der Waals surface area contributed by atoms with Gasteiger partial charge in [0.1, 0.15) is 5.82 Å². The third-order valence-corrected chi connectivity index (χ3v) is 4.21. The molecule has 1 aromatic heterocycles. The topological polar surface area (TPSA) is 30.7 Å². The van der Waals surface area contributed by atoms with E-state index in [1.807, 2.05) is 0 Å². The van der Waals surface area contributed by atoms with E-state index in [0.717, 1.165) is 10.9 Å². The normalized spacial score (nSPS) is 20.9. The van der Waals surface area contributed by atoms with Crippen molar-refractivity contribution in [3.63, 3.8) is 0 Å². The molecule has 1 aromatic rings. The lowest BCUT2D eigenvalue weighted by Gasteiger charge is -2.06. The van der Waals surface area contributed by atoms with Gasteiger partial charge in [-0.1, -0.05) is 11.8 Å². The van der Waals surface area contributed by atoms with Gasteiger partial charge in [-0.15, -0.1) is 21.8 Å². The fraction of sp³-hybridized carbons (Fsp3) is 0.800. The Hall–Kier alpha value is -0.220. The van der Waals surface area contributed by atoms with Crippen LogP contribution in [0.1, 0.15) is 43.5 Å². The molecule has 0 unspecified atom stereocenters. The molecule has 0 atom stereocenters. The molecule has 0 spiro atoms. The predicted molar refractivity (Wildman–Crippen MR) is 61.7 cm³/mol. The lowest BCUT2D eigenvalue weighted by atomic mass is 10.4. The van der Waals surface area contributed by atoms with Gasteiger partial charge in [-0.2, -0.15) is 0 Å². The number of halogens is 1. The number of thioether (sulfide) groups is 1. The second kappa shape index (κ2) is 3.98. The molecular weight excluding hydrogens is 230 g/mol. The first-order valence-electron chi connectivity index (χ1n) is 5.53. The molecule has 5 heteroatoms. The average molecular weight is 244 g/mol. The summed E-state index contributed by atoms with van der Waals surface area (Å²) in [4.78, 5) is 0. The van der Waals surface area contributed by atoms with E-state index < -0.39 is 0 Å². The Morgan fingerprint density at radius 3 is 2.67 bits per heavy atom. The van der Waals surface area contributed by atoms with Gasteiger partial charge in [0.2, 0.25) is 0 Å². The summed E-state index contributed by atoms with van der Waals surface area (Å²) in [5.74, 6) is 3.54. The van der Waals surface area contributed by atoms with Crippen molar-refractivity contribution in [1.29, 1.82) is 0 Å². The van der Waals surface area contributed by atoms with E-state index in [2.05, 4.69) is 14.8 Å². The molecule has 3 rings (SSSR count). The van der Waals surface area contributed by atoms with Crippen molar-refractivity contribution in [3.8, 4) is 0 Å². The highest BCUT2D eigenvalue weighted by Crippen LogP contribution is 2.45. The van der Waals surface area contributed by atoms with Crippen molar-refractivity contribution in [2.24, 2.45) is 0 Å². The Morgan fingerprint density at radius 2 is 2.07 bits per heavy atom. The summed E-state index contributed by atoms with van der Waals surface area (Å²) < 4.78 is 2.37. The predicted octanol–water partition coefficient (Wildman–Crippen LogP) is 2.82. The summed E-state index contributed by atoms with van der Waals surface area (Å²) >= 11 is 7.44. The van der Waals surface area contributed by atoms with Crippen molar-refractivity contribution in [1.82, 2.24) is 14.8 Å². The van der Waals surface area contributed by atoms with Gasteiger partial charge in [0.25, 0.3) is 0 Å². The molecule has 0 bridgehead atoms. The second-order valence-electron chi connectivity index (χ2n) is 4.25. The van der Waals surface area contributed by atoms with Crippen molar-refractivity contribution >= 4 is 23.4 Å². The van der Waals surface area contributed by atoms with Gasteiger partial charge in [0.15, 0.2) is 5.16 Å². The molecule has 15 heavy (non-hydrogen) atoms. The molecule has 2 saturated carbocycles. The Morgan fingerprint density at radius 1 is 1.27 bits per heavy atom. The third-order valence-electron chi connectivity index (χ3n) is 2.85. The largest absolute Gasteiger partial charge is 0.303 e. The van der Waals surface area contributed by atoms with E-state index in [-0.39, 0.29) is 0 Å². The van der Waals surface area contributed by atoms with Gasteiger partial charge < -0.3 is 4.57 Å². The van der Waals surface area contributed by atoms with E-state index in [0.29, 0.717) is 17.8 Å². The van der Waals surface area contributed by atoms with Crippen LogP contribution in [-0.2, 0) is 0 Å². The van der Waals surface area contributed by atoms with Gasteiger partial charge in [-0.3, -0.25) is 0 Å². The van der Waals surface area contributed by atoms with Crippen LogP contribution < -0.4 is 0 Å². The van der Waals surface area contributed by atoms with Crippen molar-refractivity contribution in [3.05, 3.63) is 5.82 Å². The van der Waals surface area contributed by atoms with Crippen LogP contribution in [0.15, 0.2) is 5.16 Å². The first-order valence-corrected chi connectivity index (χ1v) is 7.05. The summed E-state index contributed by atoms with van der Waals surface area (Å²) in [5.41, 5.74) is 0. The molecule has 3 nitrogen and oxygen atoms in total. The molecule has 0 radical (unpaired) electrons. The van der Waals surface area contributed by atoms with E-state index in [1.165, 1.54) is 31.5 Å². The molecule has 0 N–H and O–H groups in total. The van der Waals surface area contributed by atoms with Crippen LogP contribution in [0.5, 0.6) is 0 Å². The average Bonchev–Trinajstić information content (AvgIpc) is 3.13. The molecule has 0 amide bonds. The van der Waals surface area contributed by atoms with Crippen LogP contribution in [0.2, 0.25) is 0 Å². The molecule has 0 saturated heterocycles. The number of nitrogens with zero attached hydrogens (tertiary/aromatic N) is 3. The van der Waals surface area contributed by atoms with Crippen LogP contribution in [0.3, 0.4) is 0 Å². The Balaban J connectivity index is 1.85. The zero-order valence-corrected chi connectivity index (χ0v) is 10.1. The smallest absolute Gasteiger partial charge is 0.191 e. The number of alkyl halides is 1. The molecule has 2 aliphatic rings. The lowest BCUT2D eigenvalue weighted by Crippen LogP contribution is -2.02. The van der Waals surface area contributed by atoms with Crippen molar-refractivity contribution < 1.29 is 0 Å². The highest BCUT2D eigenvalue weighted by Gasteiger charge is 2.36. The fourth-order valence-corrected chi connectivity index (χ4v) is 2.78. The lowest BCUT2D eigenvalue weighted by molar-refractivity contribution is 0.627. The number of rotatable bonds is 5. The van der Waals surface area contributed by atoms with E-state index in [1.54, 1.807) is 11.8 Å². The monoisotopic (exact) mass is 243 g/mol. The zero-order chi connectivity index (χ0) is 10.3. The van der Waals surface area contributed by atoms with Gasteiger partial charge >= 0.3 is 0 Å². The Kier molecular flexibility index (Phi) is 2.64. The van der Waals surface area contributed by atoms with E-state index >= 15 is 0 Å². The summed E-state index contributed by atoms with van der Waals surface area (Å²) in [6, 6.07) is 0.688. The third kappa shape index (κ3) is 2.02. The SMILES string of the molecule is ClCCSc1nnc(C2CC2)n1C1CC1. The van der Waals surface area contributed by atoms with Crippen LogP contribution in [0.25, 0.3) is 0 Å². The highest BCUT2D eigenvalue weighted by molar-refractivity contribution is 7.99. The minimum atomic E-state index is 0.682. The maximum absolute atomic E-state index is 5.70. The maximum atomic E-state index is 5.70. The summed E-state index contributed by atoms with van der Waals surface area (Å²) in [7, 11) is 0. The molecule has 0 aliphatic heterocycles. The van der Waals surface area contributed by atoms with Crippen LogP contribution in [-0.4, -0.2) is 26.4 Å². The number of hydrogen-bond acceptors (Lipinski definition) is 3. The minimum Gasteiger partial charge on any atom is -0.303 e. The van der Waals surface area contributed by atoms with Crippen LogP contribution >= 0.6 is 23.4 Å². The van der Waals surface area contributed by atoms with Gasteiger partial charge in [-0.25, -0.2) is 0 Å². The quantitative estimate of drug-likeness (QED) is 0.589. The molecular formula is C10H14ClN3S. The van der Waals surface area contributed by atoms with Crippen molar-refractivity contribution in [2.75, 3.05) is 11.6 Å². The van der Waals surface area contributed by atoms with E-state index in [4.69, 9.17) is 11.6 Å². The number of hydrogen-bond donors (Lipinski definition) is 0. The maximum Gasteiger partial charge on any atom is 0.191 e. The van der Waals surface area contributed by atoms with Gasteiger partial charge in [0, 0.05) is 23.6 Å². The molecule has 82 valence electrons. The summed E-state index contributed by atoms with van der Waals surface area (Å²) in [5, 5.41) is 9.72. The zero-order valence-electron chi connectivity index (χ0n) is 8.53. The summed E-state index contributed by atoms with van der Waals surface area (Å²) in [6.45, 7) is 0. The van der Waals surface area contributed by atoms with Crippen LogP contribution in [0.4, 0.5) is 0 Å². The molecule has 1 heterocycles. The first-order chi connectivity index (χ1) is 7.40. The molecule has 2 fully saturated rings. The standard InChI is InChI=1S/C10H14ClN3S/c11-5-6-15-10-13-12-9(7-1-2-7)14(10)8-3-4-8/h7-8H,1-6H2. The number of aromatic nitrogens is 3. The Bertz CT molecular complexity index is 358. The molecule has 0 aromatic carbocycles.